The normalized spacial score (nSPS) is 15.3. The summed E-state index contributed by atoms with van der Waals surface area (Å²) in [5, 5.41) is 10.2. The molecule has 1 aliphatic rings. The first-order valence-electron chi connectivity index (χ1n) is 11.3. The second kappa shape index (κ2) is 10.5. The number of ether oxygens (including phenoxy) is 3. The van der Waals surface area contributed by atoms with Gasteiger partial charge in [0.1, 0.15) is 22.0 Å². The fourth-order valence-corrected chi connectivity index (χ4v) is 5.22. The number of nitrogens with zero attached hydrogens (tertiary/aromatic N) is 2. The van der Waals surface area contributed by atoms with Crippen molar-refractivity contribution >= 4 is 34.8 Å². The molecule has 0 aliphatic carbocycles. The lowest BCUT2D eigenvalue weighted by Crippen LogP contribution is -2.40. The molecule has 36 heavy (non-hydrogen) atoms. The van der Waals surface area contributed by atoms with Crippen LogP contribution in [0.25, 0.3) is 17.5 Å². The number of carbonyl (C=O) groups is 1. The van der Waals surface area contributed by atoms with E-state index in [1.807, 2.05) is 38.1 Å². The van der Waals surface area contributed by atoms with E-state index >= 15 is 0 Å². The summed E-state index contributed by atoms with van der Waals surface area (Å²) < 4.78 is 18.0. The summed E-state index contributed by atoms with van der Waals surface area (Å²) in [5.41, 5.74) is 7.72. The monoisotopic (exact) mass is 503 g/mol. The minimum absolute atomic E-state index is 0.0400. The van der Waals surface area contributed by atoms with Gasteiger partial charge in [0.2, 0.25) is 0 Å². The summed E-state index contributed by atoms with van der Waals surface area (Å²) >= 11 is 1.15. The number of thiazole rings is 1. The van der Waals surface area contributed by atoms with Crippen LogP contribution in [0.1, 0.15) is 30.9 Å². The van der Waals surface area contributed by atoms with Crippen LogP contribution in [0.3, 0.4) is 0 Å². The molecule has 2 N–H and O–H groups in total. The van der Waals surface area contributed by atoms with Crippen LogP contribution in [-0.4, -0.2) is 30.9 Å². The van der Waals surface area contributed by atoms with E-state index in [0.717, 1.165) is 22.6 Å². The van der Waals surface area contributed by atoms with E-state index < -0.39 is 17.4 Å². The summed E-state index contributed by atoms with van der Waals surface area (Å²) in [5.74, 6) is -0.172. The lowest BCUT2D eigenvalue weighted by atomic mass is 9.84. The highest BCUT2D eigenvalue weighted by atomic mass is 32.1. The quantitative estimate of drug-likeness (QED) is 0.492. The van der Waals surface area contributed by atoms with E-state index in [1.165, 1.54) is 11.7 Å². The van der Waals surface area contributed by atoms with Gasteiger partial charge in [0.25, 0.3) is 5.56 Å². The summed E-state index contributed by atoms with van der Waals surface area (Å²) in [6.07, 6.45) is 1.72. The molecule has 0 amide bonds. The number of aromatic nitrogens is 1. The number of rotatable bonds is 7. The molecule has 4 rings (SSSR count). The zero-order valence-electron chi connectivity index (χ0n) is 20.1. The number of fused-ring (bicyclic) bond motifs is 1. The van der Waals surface area contributed by atoms with Crippen LogP contribution >= 0.6 is 11.3 Å². The van der Waals surface area contributed by atoms with E-state index in [-0.39, 0.29) is 17.0 Å². The highest BCUT2D eigenvalue weighted by Gasteiger charge is 2.36. The van der Waals surface area contributed by atoms with Crippen LogP contribution in [0.5, 0.6) is 11.5 Å². The minimum atomic E-state index is -0.797. The van der Waals surface area contributed by atoms with E-state index in [2.05, 4.69) is 6.07 Å². The largest absolute Gasteiger partial charge is 0.494 e. The van der Waals surface area contributed by atoms with Crippen molar-refractivity contribution in [3.05, 3.63) is 84.8 Å². The maximum absolute atomic E-state index is 13.4. The van der Waals surface area contributed by atoms with Gasteiger partial charge in [-0.15, -0.1) is 11.3 Å². The molecule has 0 fully saturated rings. The molecule has 0 saturated carbocycles. The molecule has 9 heteroatoms. The molecule has 1 aliphatic heterocycles. The first-order valence-corrected chi connectivity index (χ1v) is 12.2. The Labute approximate surface area is 211 Å². The van der Waals surface area contributed by atoms with Gasteiger partial charge >= 0.3 is 5.97 Å². The fraction of sp³-hybridized carbons (Fsp3) is 0.222. The van der Waals surface area contributed by atoms with Crippen LogP contribution in [-0.2, 0) is 9.53 Å². The van der Waals surface area contributed by atoms with E-state index in [0.29, 0.717) is 33.7 Å². The Morgan fingerprint density at radius 2 is 1.67 bits per heavy atom. The van der Waals surface area contributed by atoms with Crippen LogP contribution in [0.15, 0.2) is 58.9 Å². The van der Waals surface area contributed by atoms with E-state index in [4.69, 9.17) is 19.9 Å². The van der Waals surface area contributed by atoms with Gasteiger partial charge < -0.3 is 19.9 Å². The third kappa shape index (κ3) is 4.51. The van der Waals surface area contributed by atoms with Crippen molar-refractivity contribution in [1.82, 2.24) is 4.57 Å². The standard InChI is InChI=1S/C27H25N3O5S/c1-4-34-18-10-6-16(7-11-18)14-21-25(31)30-24(29)23(27(32)33-3)22(20(15-28)26(30)36-21)17-8-12-19(13-9-17)35-5-2/h6-14,22H,4-5,29H2,1-3H3/t22-/m1/s1. The minimum Gasteiger partial charge on any atom is -0.494 e. The van der Waals surface area contributed by atoms with Gasteiger partial charge in [0.15, 0.2) is 0 Å². The first kappa shape index (κ1) is 24.8. The van der Waals surface area contributed by atoms with Crippen molar-refractivity contribution in [2.24, 2.45) is 5.73 Å². The maximum atomic E-state index is 13.4. The van der Waals surface area contributed by atoms with Crippen molar-refractivity contribution < 1.29 is 19.0 Å². The molecule has 184 valence electrons. The third-order valence-electron chi connectivity index (χ3n) is 5.69. The van der Waals surface area contributed by atoms with Gasteiger partial charge in [-0.3, -0.25) is 9.36 Å². The van der Waals surface area contributed by atoms with Gasteiger partial charge in [-0.25, -0.2) is 4.79 Å². The second-order valence-corrected chi connectivity index (χ2v) is 8.84. The van der Waals surface area contributed by atoms with Crippen LogP contribution in [0, 0.1) is 11.3 Å². The Morgan fingerprint density at radius 3 is 2.19 bits per heavy atom. The van der Waals surface area contributed by atoms with Gasteiger partial charge in [-0.05, 0) is 55.3 Å². The summed E-state index contributed by atoms with van der Waals surface area (Å²) in [6, 6.07) is 16.6. The Hall–Kier alpha value is -4.29. The number of hydrogen-bond acceptors (Lipinski definition) is 8. The van der Waals surface area contributed by atoms with Gasteiger partial charge in [0.05, 0.1) is 48.0 Å². The average molecular weight is 504 g/mol. The Kier molecular flexibility index (Phi) is 7.27. The predicted molar refractivity (Wildman–Crippen MR) is 138 cm³/mol. The highest BCUT2D eigenvalue weighted by Crippen LogP contribution is 2.37. The number of esters is 1. The Balaban J connectivity index is 1.94. The molecule has 3 aromatic rings. The van der Waals surface area contributed by atoms with Crippen molar-refractivity contribution in [2.45, 2.75) is 19.8 Å². The molecule has 8 nitrogen and oxygen atoms in total. The third-order valence-corrected chi connectivity index (χ3v) is 6.80. The highest BCUT2D eigenvalue weighted by molar-refractivity contribution is 7.07. The van der Waals surface area contributed by atoms with Gasteiger partial charge in [0, 0.05) is 0 Å². The molecular formula is C27H25N3O5S. The van der Waals surface area contributed by atoms with Crippen molar-refractivity contribution in [3.8, 4) is 17.6 Å². The topological polar surface area (TPSA) is 117 Å². The fourth-order valence-electron chi connectivity index (χ4n) is 4.10. The van der Waals surface area contributed by atoms with Crippen molar-refractivity contribution in [1.29, 1.82) is 5.26 Å². The molecule has 2 aromatic carbocycles. The molecule has 0 saturated heterocycles. The van der Waals surface area contributed by atoms with E-state index in [1.54, 1.807) is 30.3 Å². The van der Waals surface area contributed by atoms with Gasteiger partial charge in [-0.1, -0.05) is 24.3 Å². The number of nitrogens with two attached hydrogens (primary N) is 1. The molecule has 0 bridgehead atoms. The number of methoxy groups -OCH3 is 1. The molecule has 0 spiro atoms. The van der Waals surface area contributed by atoms with Crippen molar-refractivity contribution in [3.63, 3.8) is 0 Å². The van der Waals surface area contributed by atoms with Gasteiger partial charge in [-0.2, -0.15) is 5.26 Å². The zero-order valence-corrected chi connectivity index (χ0v) is 20.9. The molecular weight excluding hydrogens is 478 g/mol. The Bertz CT molecular complexity index is 1540. The Morgan fingerprint density at radius 1 is 1.08 bits per heavy atom. The summed E-state index contributed by atoms with van der Waals surface area (Å²) in [6.45, 7) is 4.85. The lowest BCUT2D eigenvalue weighted by molar-refractivity contribution is -0.136. The molecule has 1 aromatic heterocycles. The number of benzene rings is 2. The summed E-state index contributed by atoms with van der Waals surface area (Å²) in [7, 11) is 1.24. The zero-order chi connectivity index (χ0) is 25.8. The molecule has 0 unspecified atom stereocenters. The molecule has 1 atom stereocenters. The second-order valence-electron chi connectivity index (χ2n) is 7.81. The smallest absolute Gasteiger partial charge is 0.338 e. The molecule has 2 heterocycles. The summed E-state index contributed by atoms with van der Waals surface area (Å²) in [4.78, 5) is 26.2. The van der Waals surface area contributed by atoms with Crippen LogP contribution in [0.2, 0.25) is 0 Å². The first-order chi connectivity index (χ1) is 17.4. The number of nitriles is 1. The lowest BCUT2D eigenvalue weighted by Gasteiger charge is -2.24. The van der Waals surface area contributed by atoms with Crippen LogP contribution < -0.4 is 30.0 Å². The van der Waals surface area contributed by atoms with E-state index in [9.17, 15) is 14.9 Å². The predicted octanol–water partition coefficient (Wildman–Crippen LogP) is 2.31. The number of hydrogen-bond donors (Lipinski definition) is 1. The SMILES string of the molecule is CCOc1ccc(C=c2sc3n(c2=O)C(N)=C(C(=O)OC)[C@H](c2ccc(OCC)cc2)C=3C#N)cc1. The maximum Gasteiger partial charge on any atom is 0.338 e. The molecule has 0 radical (unpaired) electrons. The average Bonchev–Trinajstić information content (AvgIpc) is 3.21. The van der Waals surface area contributed by atoms with Crippen LogP contribution in [0.4, 0.5) is 0 Å². The number of carbonyl (C=O) groups excluding carboxylic acids is 1. The van der Waals surface area contributed by atoms with Crippen molar-refractivity contribution in [2.75, 3.05) is 20.3 Å².